The van der Waals surface area contributed by atoms with Gasteiger partial charge in [-0.05, 0) is 11.0 Å². The summed E-state index contributed by atoms with van der Waals surface area (Å²) in [6.07, 6.45) is 5.26. The lowest BCUT2D eigenvalue weighted by atomic mass is 9.89. The molecule has 2 aromatic heterocycles. The van der Waals surface area contributed by atoms with Crippen molar-refractivity contribution in [3.8, 4) is 6.07 Å². The number of nitrogens with zero attached hydrogens (tertiary/aromatic N) is 4. The Morgan fingerprint density at radius 1 is 1.33 bits per heavy atom. The quantitative estimate of drug-likeness (QED) is 0.652. The molecule has 0 aromatic carbocycles. The minimum atomic E-state index is 0.0416. The van der Waals surface area contributed by atoms with E-state index in [1.807, 2.05) is 6.20 Å². The normalized spacial score (nSPS) is 11.6. The van der Waals surface area contributed by atoms with Gasteiger partial charge >= 0.3 is 0 Å². The highest BCUT2D eigenvalue weighted by atomic mass is 15.2. The molecule has 2 rings (SSSR count). The van der Waals surface area contributed by atoms with Gasteiger partial charge in [0.2, 0.25) is 0 Å². The maximum atomic E-state index is 8.81. The zero-order valence-electron chi connectivity index (χ0n) is 9.02. The predicted molar refractivity (Wildman–Crippen MR) is 56.4 cm³/mol. The van der Waals surface area contributed by atoms with Crippen LogP contribution in [0, 0.1) is 11.3 Å². The molecular formula is C11H12N4. The Bertz CT molecular complexity index is 540. The van der Waals surface area contributed by atoms with Crippen molar-refractivity contribution in [3.05, 3.63) is 29.7 Å². The van der Waals surface area contributed by atoms with Gasteiger partial charge in [-0.15, -0.1) is 0 Å². The number of fused-ring (bicyclic) bond motifs is 1. The monoisotopic (exact) mass is 200 g/mol. The van der Waals surface area contributed by atoms with Gasteiger partial charge < -0.3 is 0 Å². The van der Waals surface area contributed by atoms with Crippen molar-refractivity contribution in [2.45, 2.75) is 26.2 Å². The second-order valence-electron chi connectivity index (χ2n) is 4.53. The molecule has 76 valence electrons. The number of rotatable bonds is 0. The standard InChI is InChI=1S/C11H12N4/c1-11(2,3)9-6-13-10-8(4-12)5-14-15(10)7-9/h5-7H,1-3H3. The van der Waals surface area contributed by atoms with E-state index in [-0.39, 0.29) is 5.41 Å². The van der Waals surface area contributed by atoms with Crippen molar-refractivity contribution >= 4 is 5.65 Å². The molecule has 0 aliphatic carbocycles. The van der Waals surface area contributed by atoms with Gasteiger partial charge in [-0.25, -0.2) is 9.50 Å². The van der Waals surface area contributed by atoms with Crippen LogP contribution in [0.15, 0.2) is 18.6 Å². The fourth-order valence-electron chi connectivity index (χ4n) is 1.34. The number of nitriles is 1. The Hall–Kier alpha value is -1.89. The molecule has 0 unspecified atom stereocenters. The molecule has 15 heavy (non-hydrogen) atoms. The van der Waals surface area contributed by atoms with Crippen molar-refractivity contribution in [1.82, 2.24) is 14.6 Å². The van der Waals surface area contributed by atoms with Crippen molar-refractivity contribution < 1.29 is 0 Å². The minimum absolute atomic E-state index is 0.0416. The largest absolute Gasteiger partial charge is 0.236 e. The maximum absolute atomic E-state index is 8.81. The van der Waals surface area contributed by atoms with Gasteiger partial charge in [0.15, 0.2) is 5.65 Å². The van der Waals surface area contributed by atoms with Crippen LogP contribution in [0.4, 0.5) is 0 Å². The van der Waals surface area contributed by atoms with E-state index < -0.39 is 0 Å². The highest BCUT2D eigenvalue weighted by Crippen LogP contribution is 2.21. The van der Waals surface area contributed by atoms with Crippen LogP contribution in [-0.2, 0) is 5.41 Å². The molecule has 0 fully saturated rings. The summed E-state index contributed by atoms with van der Waals surface area (Å²) in [5, 5.41) is 12.9. The highest BCUT2D eigenvalue weighted by molar-refractivity contribution is 5.53. The maximum Gasteiger partial charge on any atom is 0.172 e. The third kappa shape index (κ3) is 1.57. The Kier molecular flexibility index (Phi) is 1.97. The van der Waals surface area contributed by atoms with Gasteiger partial charge in [0, 0.05) is 12.4 Å². The molecule has 0 aliphatic heterocycles. The van der Waals surface area contributed by atoms with Crippen LogP contribution >= 0.6 is 0 Å². The lowest BCUT2D eigenvalue weighted by Crippen LogP contribution is -2.12. The van der Waals surface area contributed by atoms with Crippen LogP contribution in [0.5, 0.6) is 0 Å². The first-order valence-electron chi connectivity index (χ1n) is 4.76. The van der Waals surface area contributed by atoms with Gasteiger partial charge in [0.1, 0.15) is 11.6 Å². The zero-order chi connectivity index (χ0) is 11.1. The van der Waals surface area contributed by atoms with Crippen molar-refractivity contribution in [3.63, 3.8) is 0 Å². The Balaban J connectivity index is 2.65. The zero-order valence-corrected chi connectivity index (χ0v) is 9.02. The van der Waals surface area contributed by atoms with Gasteiger partial charge in [0.25, 0.3) is 0 Å². The SMILES string of the molecule is CC(C)(C)c1cnc2c(C#N)cnn2c1. The van der Waals surface area contributed by atoms with Gasteiger partial charge in [-0.3, -0.25) is 0 Å². The Labute approximate surface area is 88.2 Å². The van der Waals surface area contributed by atoms with E-state index in [1.165, 1.54) is 6.20 Å². The summed E-state index contributed by atoms with van der Waals surface area (Å²) in [6, 6.07) is 2.06. The Morgan fingerprint density at radius 2 is 2.07 bits per heavy atom. The first kappa shape index (κ1) is 9.66. The van der Waals surface area contributed by atoms with Crippen molar-refractivity contribution in [2.24, 2.45) is 0 Å². The van der Waals surface area contributed by atoms with E-state index in [0.717, 1.165) is 5.56 Å². The van der Waals surface area contributed by atoms with Crippen LogP contribution in [0.25, 0.3) is 5.65 Å². The number of aromatic nitrogens is 3. The third-order valence-corrected chi connectivity index (χ3v) is 2.34. The van der Waals surface area contributed by atoms with Crippen molar-refractivity contribution in [1.29, 1.82) is 5.26 Å². The van der Waals surface area contributed by atoms with E-state index in [1.54, 1.807) is 10.7 Å². The highest BCUT2D eigenvalue weighted by Gasteiger charge is 2.15. The van der Waals surface area contributed by atoms with Crippen LogP contribution in [0.2, 0.25) is 0 Å². The number of hydrogen-bond donors (Lipinski definition) is 0. The van der Waals surface area contributed by atoms with E-state index in [0.29, 0.717) is 11.2 Å². The molecule has 0 saturated carbocycles. The topological polar surface area (TPSA) is 54.0 Å². The molecule has 0 bridgehead atoms. The average Bonchev–Trinajstić information content (AvgIpc) is 2.58. The lowest BCUT2D eigenvalue weighted by Gasteiger charge is -2.17. The molecule has 0 spiro atoms. The summed E-state index contributed by atoms with van der Waals surface area (Å²) in [7, 11) is 0. The Morgan fingerprint density at radius 3 is 2.67 bits per heavy atom. The van der Waals surface area contributed by atoms with E-state index in [4.69, 9.17) is 5.26 Å². The summed E-state index contributed by atoms with van der Waals surface area (Å²) in [5.41, 5.74) is 2.27. The van der Waals surface area contributed by atoms with E-state index in [9.17, 15) is 0 Å². The molecule has 4 nitrogen and oxygen atoms in total. The van der Waals surface area contributed by atoms with E-state index >= 15 is 0 Å². The third-order valence-electron chi connectivity index (χ3n) is 2.34. The second-order valence-corrected chi connectivity index (χ2v) is 4.53. The lowest BCUT2D eigenvalue weighted by molar-refractivity contribution is 0.581. The molecule has 0 atom stereocenters. The van der Waals surface area contributed by atoms with Crippen LogP contribution in [-0.4, -0.2) is 14.6 Å². The van der Waals surface area contributed by atoms with Gasteiger partial charge in [0.05, 0.1) is 6.20 Å². The summed E-state index contributed by atoms with van der Waals surface area (Å²) in [6.45, 7) is 6.35. The molecular weight excluding hydrogens is 188 g/mol. The average molecular weight is 200 g/mol. The summed E-state index contributed by atoms with van der Waals surface area (Å²) >= 11 is 0. The predicted octanol–water partition coefficient (Wildman–Crippen LogP) is 1.90. The molecule has 0 N–H and O–H groups in total. The molecule has 4 heteroatoms. The summed E-state index contributed by atoms with van der Waals surface area (Å²) in [5.74, 6) is 0. The fraction of sp³-hybridized carbons (Fsp3) is 0.364. The molecule has 0 radical (unpaired) electrons. The number of hydrogen-bond acceptors (Lipinski definition) is 3. The molecule has 0 amide bonds. The molecule has 2 aromatic rings. The second kappa shape index (κ2) is 3.06. The van der Waals surface area contributed by atoms with Crippen molar-refractivity contribution in [2.75, 3.05) is 0 Å². The van der Waals surface area contributed by atoms with Crippen LogP contribution in [0.1, 0.15) is 31.9 Å². The first-order valence-corrected chi connectivity index (χ1v) is 4.76. The van der Waals surface area contributed by atoms with Crippen LogP contribution < -0.4 is 0 Å². The first-order chi connectivity index (χ1) is 7.02. The van der Waals surface area contributed by atoms with Crippen LogP contribution in [0.3, 0.4) is 0 Å². The van der Waals surface area contributed by atoms with Gasteiger partial charge in [-0.2, -0.15) is 10.4 Å². The van der Waals surface area contributed by atoms with E-state index in [2.05, 4.69) is 36.9 Å². The fourth-order valence-corrected chi connectivity index (χ4v) is 1.34. The molecule has 0 saturated heterocycles. The van der Waals surface area contributed by atoms with Gasteiger partial charge in [-0.1, -0.05) is 20.8 Å². The summed E-state index contributed by atoms with van der Waals surface area (Å²) < 4.78 is 1.65. The molecule has 0 aliphatic rings. The summed E-state index contributed by atoms with van der Waals surface area (Å²) in [4.78, 5) is 4.26. The molecule has 2 heterocycles. The minimum Gasteiger partial charge on any atom is -0.236 e. The smallest absolute Gasteiger partial charge is 0.172 e.